The first kappa shape index (κ1) is 17.6. The summed E-state index contributed by atoms with van der Waals surface area (Å²) < 4.78 is 17.0. The topological polar surface area (TPSA) is 39.7 Å². The molecule has 1 fully saturated rings. The molecule has 134 valence electrons. The normalized spacial score (nSPS) is 25.2. The molecule has 1 atom stereocenters. The molecule has 0 unspecified atom stereocenters. The van der Waals surface area contributed by atoms with Gasteiger partial charge in [-0.3, -0.25) is 0 Å². The van der Waals surface area contributed by atoms with Crippen LogP contribution in [0.5, 0.6) is 11.5 Å². The van der Waals surface area contributed by atoms with Crippen LogP contribution in [-0.4, -0.2) is 25.5 Å². The second-order valence-electron chi connectivity index (χ2n) is 8.13. The van der Waals surface area contributed by atoms with E-state index in [9.17, 15) is 0 Å². The van der Waals surface area contributed by atoms with Gasteiger partial charge in [-0.2, -0.15) is 0 Å². The van der Waals surface area contributed by atoms with Crippen LogP contribution < -0.4 is 14.8 Å². The molecule has 0 spiro atoms. The van der Waals surface area contributed by atoms with Crippen LogP contribution in [0.15, 0.2) is 18.2 Å². The Morgan fingerprint density at radius 3 is 2.79 bits per heavy atom. The van der Waals surface area contributed by atoms with Crippen LogP contribution in [-0.2, 0) is 11.3 Å². The van der Waals surface area contributed by atoms with Gasteiger partial charge in [0.2, 0.25) is 6.79 Å². The molecule has 0 radical (unpaired) electrons. The van der Waals surface area contributed by atoms with Gasteiger partial charge in [-0.15, -0.1) is 0 Å². The molecular weight excluding hydrogens is 302 g/mol. The Balaban J connectivity index is 1.56. The number of benzene rings is 1. The molecule has 0 aliphatic carbocycles. The van der Waals surface area contributed by atoms with Crippen molar-refractivity contribution in [1.29, 1.82) is 0 Å². The van der Waals surface area contributed by atoms with E-state index < -0.39 is 0 Å². The van der Waals surface area contributed by atoms with Crippen LogP contribution in [0.1, 0.15) is 52.5 Å². The molecular formula is C20H31NO3. The van der Waals surface area contributed by atoms with Gasteiger partial charge in [0.1, 0.15) is 0 Å². The molecule has 4 nitrogen and oxygen atoms in total. The highest BCUT2D eigenvalue weighted by Crippen LogP contribution is 2.46. The smallest absolute Gasteiger partial charge is 0.231 e. The molecule has 24 heavy (non-hydrogen) atoms. The molecule has 1 N–H and O–H groups in total. The van der Waals surface area contributed by atoms with E-state index in [1.807, 2.05) is 12.1 Å². The minimum atomic E-state index is -0.00600. The number of hydrogen-bond donors (Lipinski definition) is 1. The highest BCUT2D eigenvalue weighted by Gasteiger charge is 2.42. The van der Waals surface area contributed by atoms with Crippen LogP contribution in [0.2, 0.25) is 0 Å². The molecule has 4 heteroatoms. The van der Waals surface area contributed by atoms with Gasteiger partial charge in [0.25, 0.3) is 0 Å². The number of rotatable bonds is 6. The van der Waals surface area contributed by atoms with Crippen molar-refractivity contribution in [2.24, 2.45) is 11.3 Å². The summed E-state index contributed by atoms with van der Waals surface area (Å²) in [5.41, 5.74) is 1.54. The Kier molecular flexibility index (Phi) is 5.07. The predicted molar refractivity (Wildman–Crippen MR) is 95.4 cm³/mol. The van der Waals surface area contributed by atoms with Crippen molar-refractivity contribution in [2.75, 3.05) is 19.9 Å². The quantitative estimate of drug-likeness (QED) is 0.795. The van der Waals surface area contributed by atoms with Crippen molar-refractivity contribution in [2.45, 2.75) is 59.1 Å². The maximum atomic E-state index is 5.95. The van der Waals surface area contributed by atoms with Gasteiger partial charge in [-0.05, 0) is 57.1 Å². The van der Waals surface area contributed by atoms with E-state index in [1.165, 1.54) is 12.0 Å². The molecule has 0 aromatic heterocycles. The van der Waals surface area contributed by atoms with E-state index in [4.69, 9.17) is 14.2 Å². The molecule has 2 heterocycles. The SMILES string of the molecule is CC(C)[C@]1(CCNCc2cccc3c2OCO3)CCOC(C)(C)C1. The molecule has 1 aromatic rings. The highest BCUT2D eigenvalue weighted by molar-refractivity contribution is 5.48. The molecule has 0 saturated carbocycles. The Bertz CT molecular complexity index is 570. The number of para-hydroxylation sites is 1. The maximum Gasteiger partial charge on any atom is 0.231 e. The van der Waals surface area contributed by atoms with Gasteiger partial charge in [-0.1, -0.05) is 26.0 Å². The Labute approximate surface area is 145 Å². The van der Waals surface area contributed by atoms with E-state index in [-0.39, 0.29) is 5.60 Å². The van der Waals surface area contributed by atoms with Crippen LogP contribution in [0.25, 0.3) is 0 Å². The fraction of sp³-hybridized carbons (Fsp3) is 0.700. The van der Waals surface area contributed by atoms with Gasteiger partial charge >= 0.3 is 0 Å². The molecule has 1 aromatic carbocycles. The van der Waals surface area contributed by atoms with E-state index >= 15 is 0 Å². The fourth-order valence-corrected chi connectivity index (χ4v) is 4.20. The first-order valence-corrected chi connectivity index (χ1v) is 9.14. The molecule has 2 aliphatic rings. The molecule has 3 rings (SSSR count). The van der Waals surface area contributed by atoms with Crippen molar-refractivity contribution in [3.63, 3.8) is 0 Å². The van der Waals surface area contributed by atoms with Gasteiger partial charge < -0.3 is 19.5 Å². The van der Waals surface area contributed by atoms with Gasteiger partial charge in [0.05, 0.1) is 5.60 Å². The van der Waals surface area contributed by atoms with Gasteiger partial charge in [-0.25, -0.2) is 0 Å². The Morgan fingerprint density at radius 1 is 1.21 bits per heavy atom. The third-order valence-corrected chi connectivity index (χ3v) is 5.69. The standard InChI is InChI=1S/C20H31NO3/c1-15(2)20(9-11-24-19(3,4)13-20)8-10-21-12-16-6-5-7-17-18(16)23-14-22-17/h5-7,15,21H,8-14H2,1-4H3/t20-/m1/s1. The van der Waals surface area contributed by atoms with Gasteiger partial charge in [0.15, 0.2) is 11.5 Å². The zero-order valence-electron chi connectivity index (χ0n) is 15.5. The van der Waals surface area contributed by atoms with Crippen LogP contribution >= 0.6 is 0 Å². The third kappa shape index (κ3) is 3.70. The largest absolute Gasteiger partial charge is 0.454 e. The summed E-state index contributed by atoms with van der Waals surface area (Å²) in [6.45, 7) is 12.2. The lowest BCUT2D eigenvalue weighted by atomic mass is 9.65. The summed E-state index contributed by atoms with van der Waals surface area (Å²) in [6, 6.07) is 6.10. The summed E-state index contributed by atoms with van der Waals surface area (Å²) in [5, 5.41) is 3.61. The van der Waals surface area contributed by atoms with Crippen molar-refractivity contribution < 1.29 is 14.2 Å². The van der Waals surface area contributed by atoms with Crippen LogP contribution in [0.4, 0.5) is 0 Å². The first-order valence-electron chi connectivity index (χ1n) is 9.14. The second-order valence-corrected chi connectivity index (χ2v) is 8.13. The van der Waals surface area contributed by atoms with Crippen LogP contribution in [0, 0.1) is 11.3 Å². The van der Waals surface area contributed by atoms with E-state index in [0.29, 0.717) is 18.1 Å². The molecule has 1 saturated heterocycles. The third-order valence-electron chi connectivity index (χ3n) is 5.69. The first-order chi connectivity index (χ1) is 11.4. The van der Waals surface area contributed by atoms with Crippen molar-refractivity contribution >= 4 is 0 Å². The number of ether oxygens (including phenoxy) is 3. The lowest BCUT2D eigenvalue weighted by Gasteiger charge is -2.48. The van der Waals surface area contributed by atoms with E-state index in [2.05, 4.69) is 39.1 Å². The average molecular weight is 333 g/mol. The summed E-state index contributed by atoms with van der Waals surface area (Å²) in [5.74, 6) is 2.43. The summed E-state index contributed by atoms with van der Waals surface area (Å²) >= 11 is 0. The van der Waals surface area contributed by atoms with Crippen molar-refractivity contribution in [3.8, 4) is 11.5 Å². The predicted octanol–water partition coefficient (Wildman–Crippen LogP) is 4.13. The Hall–Kier alpha value is -1.26. The second kappa shape index (κ2) is 6.93. The lowest BCUT2D eigenvalue weighted by molar-refractivity contribution is -0.121. The number of nitrogens with one attached hydrogen (secondary N) is 1. The number of hydrogen-bond acceptors (Lipinski definition) is 4. The maximum absolute atomic E-state index is 5.95. The minimum absolute atomic E-state index is 0.00600. The summed E-state index contributed by atoms with van der Waals surface area (Å²) in [4.78, 5) is 0. The highest BCUT2D eigenvalue weighted by atomic mass is 16.7. The minimum Gasteiger partial charge on any atom is -0.454 e. The van der Waals surface area contributed by atoms with Crippen molar-refractivity contribution in [1.82, 2.24) is 5.32 Å². The van der Waals surface area contributed by atoms with Gasteiger partial charge in [0, 0.05) is 18.7 Å². The zero-order valence-corrected chi connectivity index (χ0v) is 15.5. The van der Waals surface area contributed by atoms with Crippen LogP contribution in [0.3, 0.4) is 0 Å². The summed E-state index contributed by atoms with van der Waals surface area (Å²) in [6.07, 6.45) is 3.48. The lowest BCUT2D eigenvalue weighted by Crippen LogP contribution is -2.45. The van der Waals surface area contributed by atoms with E-state index in [1.54, 1.807) is 0 Å². The van der Waals surface area contributed by atoms with Crippen molar-refractivity contribution in [3.05, 3.63) is 23.8 Å². The monoisotopic (exact) mass is 333 g/mol. The van der Waals surface area contributed by atoms with E-state index in [0.717, 1.165) is 44.0 Å². The molecule has 0 bridgehead atoms. The Morgan fingerprint density at radius 2 is 2.04 bits per heavy atom. The zero-order chi connectivity index (χ0) is 17.2. The fourth-order valence-electron chi connectivity index (χ4n) is 4.20. The molecule has 2 aliphatic heterocycles. The molecule has 0 amide bonds. The average Bonchev–Trinajstić information content (AvgIpc) is 2.99. The number of fused-ring (bicyclic) bond motifs is 1. The summed E-state index contributed by atoms with van der Waals surface area (Å²) in [7, 11) is 0.